The molecule has 0 aromatic rings. The van der Waals surface area contributed by atoms with E-state index in [4.69, 9.17) is 5.11 Å². The van der Waals surface area contributed by atoms with Gasteiger partial charge in [0.2, 0.25) is 0 Å². The Morgan fingerprint density at radius 3 is 2.78 bits per heavy atom. The van der Waals surface area contributed by atoms with Gasteiger partial charge in [-0.15, -0.1) is 0 Å². The maximum Gasteiger partial charge on any atom is 0.0935 e. The van der Waals surface area contributed by atoms with Gasteiger partial charge in [-0.1, -0.05) is 0 Å². The van der Waals surface area contributed by atoms with Crippen LogP contribution in [-0.4, -0.2) is 31.0 Å². The molecule has 3 heteroatoms. The predicted octanol–water partition coefficient (Wildman–Crippen LogP) is -0.0737. The Morgan fingerprint density at radius 1 is 1.67 bits per heavy atom. The zero-order valence-electron chi connectivity index (χ0n) is 5.31. The molecular weight excluding hydrogens is 121 g/mol. The standard InChI is InChI=1S/C6H12FNO/c7-2-5-1-6(4-9)8-3-5/h5-6,8-9H,1-4H2/t5-,6+/m0/s1. The number of rotatable bonds is 2. The minimum Gasteiger partial charge on any atom is -0.395 e. The molecule has 0 aromatic heterocycles. The first-order chi connectivity index (χ1) is 4.36. The summed E-state index contributed by atoms with van der Waals surface area (Å²) in [7, 11) is 0. The molecule has 1 saturated heterocycles. The van der Waals surface area contributed by atoms with Crippen LogP contribution in [0.4, 0.5) is 4.39 Å². The Bertz CT molecular complexity index is 79.1. The van der Waals surface area contributed by atoms with Gasteiger partial charge in [-0.25, -0.2) is 0 Å². The van der Waals surface area contributed by atoms with Gasteiger partial charge in [0, 0.05) is 18.5 Å². The van der Waals surface area contributed by atoms with E-state index in [1.807, 2.05) is 0 Å². The zero-order chi connectivity index (χ0) is 6.69. The van der Waals surface area contributed by atoms with Crippen LogP contribution in [0.2, 0.25) is 0 Å². The van der Waals surface area contributed by atoms with Crippen molar-refractivity contribution < 1.29 is 9.50 Å². The van der Waals surface area contributed by atoms with Gasteiger partial charge in [0.05, 0.1) is 13.3 Å². The van der Waals surface area contributed by atoms with Gasteiger partial charge in [-0.2, -0.15) is 0 Å². The van der Waals surface area contributed by atoms with E-state index in [2.05, 4.69) is 5.32 Å². The molecule has 1 aliphatic heterocycles. The van der Waals surface area contributed by atoms with Crippen LogP contribution in [0, 0.1) is 5.92 Å². The summed E-state index contributed by atoms with van der Waals surface area (Å²) in [6.07, 6.45) is 0.785. The Labute approximate surface area is 54.1 Å². The maximum atomic E-state index is 11.9. The van der Waals surface area contributed by atoms with Crippen molar-refractivity contribution in [3.05, 3.63) is 0 Å². The van der Waals surface area contributed by atoms with Gasteiger partial charge < -0.3 is 10.4 Å². The molecule has 2 N–H and O–H groups in total. The quantitative estimate of drug-likeness (QED) is 0.552. The van der Waals surface area contributed by atoms with Crippen molar-refractivity contribution in [2.45, 2.75) is 12.5 Å². The Morgan fingerprint density at radius 2 is 2.44 bits per heavy atom. The number of nitrogens with one attached hydrogen (secondary N) is 1. The fourth-order valence-corrected chi connectivity index (χ4v) is 1.16. The lowest BCUT2D eigenvalue weighted by atomic mass is 10.1. The summed E-state index contributed by atoms with van der Waals surface area (Å²) in [6, 6.07) is 0.144. The molecule has 0 aromatic carbocycles. The average Bonchev–Trinajstić information content (AvgIpc) is 2.34. The van der Waals surface area contributed by atoms with Crippen molar-refractivity contribution in [1.82, 2.24) is 5.32 Å². The molecule has 1 fully saturated rings. The summed E-state index contributed by atoms with van der Waals surface area (Å²) in [5.74, 6) is 0.141. The molecule has 0 aliphatic carbocycles. The molecule has 1 aliphatic rings. The highest BCUT2D eigenvalue weighted by atomic mass is 19.1. The van der Waals surface area contributed by atoms with Gasteiger partial charge in [0.25, 0.3) is 0 Å². The van der Waals surface area contributed by atoms with Crippen LogP contribution in [0.5, 0.6) is 0 Å². The summed E-state index contributed by atoms with van der Waals surface area (Å²) in [5, 5.41) is 11.6. The van der Waals surface area contributed by atoms with Gasteiger partial charge in [-0.05, 0) is 6.42 Å². The van der Waals surface area contributed by atoms with Crippen LogP contribution in [0.1, 0.15) is 6.42 Å². The molecule has 1 heterocycles. The Balaban J connectivity index is 2.20. The van der Waals surface area contributed by atoms with Gasteiger partial charge in [-0.3, -0.25) is 4.39 Å². The fourth-order valence-electron chi connectivity index (χ4n) is 1.16. The molecule has 9 heavy (non-hydrogen) atoms. The lowest BCUT2D eigenvalue weighted by Gasteiger charge is -2.02. The number of halogens is 1. The molecule has 0 unspecified atom stereocenters. The lowest BCUT2D eigenvalue weighted by Crippen LogP contribution is -2.24. The van der Waals surface area contributed by atoms with E-state index >= 15 is 0 Å². The summed E-state index contributed by atoms with van der Waals surface area (Å²) in [6.45, 7) is 0.599. The molecular formula is C6H12FNO. The minimum atomic E-state index is -0.260. The SMILES string of the molecule is OC[C@H]1C[C@@H](CF)CN1. The van der Waals surface area contributed by atoms with Crippen molar-refractivity contribution in [3.63, 3.8) is 0 Å². The third-order valence-electron chi connectivity index (χ3n) is 1.75. The van der Waals surface area contributed by atoms with E-state index in [1.54, 1.807) is 0 Å². The predicted molar refractivity (Wildman–Crippen MR) is 33.0 cm³/mol. The number of aliphatic hydroxyl groups excluding tert-OH is 1. The second kappa shape index (κ2) is 3.13. The van der Waals surface area contributed by atoms with Crippen LogP contribution in [0.3, 0.4) is 0 Å². The molecule has 0 amide bonds. The molecule has 0 spiro atoms. The minimum absolute atomic E-state index is 0.135. The average molecular weight is 133 g/mol. The number of aliphatic hydroxyl groups is 1. The molecule has 0 bridgehead atoms. The first-order valence-electron chi connectivity index (χ1n) is 3.27. The number of alkyl halides is 1. The van der Waals surface area contributed by atoms with E-state index in [0.717, 1.165) is 13.0 Å². The van der Waals surface area contributed by atoms with E-state index in [1.165, 1.54) is 0 Å². The monoisotopic (exact) mass is 133 g/mol. The van der Waals surface area contributed by atoms with Crippen LogP contribution >= 0.6 is 0 Å². The van der Waals surface area contributed by atoms with E-state index < -0.39 is 0 Å². The van der Waals surface area contributed by atoms with Crippen LogP contribution in [0.15, 0.2) is 0 Å². The van der Waals surface area contributed by atoms with Crippen molar-refractivity contribution >= 4 is 0 Å². The second-order valence-corrected chi connectivity index (χ2v) is 2.54. The molecule has 2 nitrogen and oxygen atoms in total. The van der Waals surface area contributed by atoms with Gasteiger partial charge in [0.15, 0.2) is 0 Å². The molecule has 2 atom stereocenters. The largest absolute Gasteiger partial charge is 0.395 e. The highest BCUT2D eigenvalue weighted by Gasteiger charge is 2.22. The number of hydrogen-bond acceptors (Lipinski definition) is 2. The molecule has 0 radical (unpaired) electrons. The summed E-state index contributed by atoms with van der Waals surface area (Å²) in [4.78, 5) is 0. The van der Waals surface area contributed by atoms with Crippen molar-refractivity contribution in [2.24, 2.45) is 5.92 Å². The van der Waals surface area contributed by atoms with Crippen LogP contribution in [-0.2, 0) is 0 Å². The van der Waals surface area contributed by atoms with Crippen LogP contribution in [0.25, 0.3) is 0 Å². The summed E-state index contributed by atoms with van der Waals surface area (Å²) < 4.78 is 11.9. The highest BCUT2D eigenvalue weighted by molar-refractivity contribution is 4.80. The van der Waals surface area contributed by atoms with E-state index in [-0.39, 0.29) is 25.2 Å². The summed E-state index contributed by atoms with van der Waals surface area (Å²) >= 11 is 0. The van der Waals surface area contributed by atoms with Crippen molar-refractivity contribution in [3.8, 4) is 0 Å². The highest BCUT2D eigenvalue weighted by Crippen LogP contribution is 2.13. The topological polar surface area (TPSA) is 32.3 Å². The van der Waals surface area contributed by atoms with Crippen LogP contribution < -0.4 is 5.32 Å². The molecule has 0 saturated carbocycles. The molecule has 54 valence electrons. The first kappa shape index (κ1) is 6.96. The normalized spacial score (nSPS) is 35.3. The van der Waals surface area contributed by atoms with Gasteiger partial charge in [0.1, 0.15) is 0 Å². The Hall–Kier alpha value is -0.150. The summed E-state index contributed by atoms with van der Waals surface area (Å²) in [5.41, 5.74) is 0. The third-order valence-corrected chi connectivity index (χ3v) is 1.75. The lowest BCUT2D eigenvalue weighted by molar-refractivity contribution is 0.250. The van der Waals surface area contributed by atoms with Crippen molar-refractivity contribution in [2.75, 3.05) is 19.8 Å². The maximum absolute atomic E-state index is 11.9. The number of hydrogen-bond donors (Lipinski definition) is 2. The molecule has 1 rings (SSSR count). The van der Waals surface area contributed by atoms with Gasteiger partial charge >= 0.3 is 0 Å². The van der Waals surface area contributed by atoms with E-state index in [0.29, 0.717) is 0 Å². The fraction of sp³-hybridized carbons (Fsp3) is 1.00. The Kier molecular flexibility index (Phi) is 2.42. The second-order valence-electron chi connectivity index (χ2n) is 2.54. The zero-order valence-corrected chi connectivity index (χ0v) is 5.31. The van der Waals surface area contributed by atoms with Crippen molar-refractivity contribution in [1.29, 1.82) is 0 Å². The smallest absolute Gasteiger partial charge is 0.0935 e. The first-order valence-corrected chi connectivity index (χ1v) is 3.27. The van der Waals surface area contributed by atoms with E-state index in [9.17, 15) is 4.39 Å². The third kappa shape index (κ3) is 1.63.